The van der Waals surface area contributed by atoms with Crippen molar-refractivity contribution in [3.05, 3.63) is 35.7 Å². The van der Waals surface area contributed by atoms with Gasteiger partial charge in [-0.25, -0.2) is 0 Å². The Morgan fingerprint density at radius 2 is 1.79 bits per heavy atom. The Bertz CT molecular complexity index is 797. The third-order valence-electron chi connectivity index (χ3n) is 3.18. The fraction of sp³-hybridized carbons (Fsp3) is 0.375. The molecular formula is C16H19N5OS2. The molecular weight excluding hydrogens is 342 g/mol. The van der Waals surface area contributed by atoms with E-state index < -0.39 is 0 Å². The van der Waals surface area contributed by atoms with Crippen molar-refractivity contribution >= 4 is 28.2 Å². The molecule has 0 radical (unpaired) electrons. The van der Waals surface area contributed by atoms with Gasteiger partial charge in [0.05, 0.1) is 5.25 Å². The van der Waals surface area contributed by atoms with E-state index in [2.05, 4.69) is 39.6 Å². The Morgan fingerprint density at radius 1 is 1.04 bits per heavy atom. The first-order valence-corrected chi connectivity index (χ1v) is 9.38. The van der Waals surface area contributed by atoms with E-state index in [1.54, 1.807) is 11.8 Å². The van der Waals surface area contributed by atoms with Crippen LogP contribution >= 0.6 is 23.1 Å². The number of aromatic nitrogens is 4. The molecule has 3 aromatic rings. The number of nitrogens with zero attached hydrogens (tertiary/aromatic N) is 4. The molecule has 3 rings (SSSR count). The first-order valence-electron chi connectivity index (χ1n) is 7.68. The molecule has 1 atom stereocenters. The van der Waals surface area contributed by atoms with E-state index in [0.29, 0.717) is 17.8 Å². The van der Waals surface area contributed by atoms with Gasteiger partial charge in [0, 0.05) is 11.6 Å². The predicted molar refractivity (Wildman–Crippen MR) is 97.4 cm³/mol. The van der Waals surface area contributed by atoms with Gasteiger partial charge < -0.3 is 9.73 Å². The second-order valence-electron chi connectivity index (χ2n) is 5.74. The lowest BCUT2D eigenvalue weighted by Crippen LogP contribution is -2.08. The highest BCUT2D eigenvalue weighted by atomic mass is 32.2. The number of benzene rings is 1. The Balaban J connectivity index is 1.68. The number of rotatable bonds is 6. The minimum Gasteiger partial charge on any atom is -0.419 e. The number of hydrogen-bond donors (Lipinski definition) is 1. The largest absolute Gasteiger partial charge is 0.419 e. The summed E-state index contributed by atoms with van der Waals surface area (Å²) in [6.07, 6.45) is 0. The average molecular weight is 361 g/mol. The Morgan fingerprint density at radius 3 is 2.50 bits per heavy atom. The number of nitrogens with one attached hydrogen (secondary N) is 1. The highest BCUT2D eigenvalue weighted by Gasteiger charge is 2.18. The van der Waals surface area contributed by atoms with Gasteiger partial charge in [-0.05, 0) is 39.8 Å². The van der Waals surface area contributed by atoms with Crippen LogP contribution in [-0.4, -0.2) is 26.4 Å². The Kier molecular flexibility index (Phi) is 5.15. The second kappa shape index (κ2) is 7.31. The van der Waals surface area contributed by atoms with Crippen LogP contribution in [0.3, 0.4) is 0 Å². The zero-order valence-electron chi connectivity index (χ0n) is 14.0. The van der Waals surface area contributed by atoms with Crippen LogP contribution in [0.25, 0.3) is 11.5 Å². The van der Waals surface area contributed by atoms with Gasteiger partial charge >= 0.3 is 0 Å². The molecule has 0 amide bonds. The average Bonchev–Trinajstić information content (AvgIpc) is 3.17. The molecule has 0 saturated heterocycles. The van der Waals surface area contributed by atoms with Gasteiger partial charge in [0.25, 0.3) is 0 Å². The molecule has 0 aliphatic rings. The van der Waals surface area contributed by atoms with Crippen molar-refractivity contribution in [2.75, 3.05) is 5.32 Å². The van der Waals surface area contributed by atoms with Crippen molar-refractivity contribution in [2.45, 2.75) is 43.3 Å². The van der Waals surface area contributed by atoms with Crippen molar-refractivity contribution in [3.63, 3.8) is 0 Å². The molecule has 2 aromatic heterocycles. The smallest absolute Gasteiger partial charge is 0.247 e. The van der Waals surface area contributed by atoms with Crippen LogP contribution in [0.2, 0.25) is 0 Å². The first kappa shape index (κ1) is 16.9. The molecule has 0 aliphatic heterocycles. The highest BCUT2D eigenvalue weighted by Crippen LogP contribution is 2.37. The fourth-order valence-electron chi connectivity index (χ4n) is 1.98. The molecule has 6 nitrogen and oxygen atoms in total. The molecule has 126 valence electrons. The van der Waals surface area contributed by atoms with Gasteiger partial charge in [0.2, 0.25) is 16.9 Å². The summed E-state index contributed by atoms with van der Waals surface area (Å²) in [7, 11) is 0. The minimum absolute atomic E-state index is 0.0107. The molecule has 1 N–H and O–H groups in total. The molecule has 0 bridgehead atoms. The van der Waals surface area contributed by atoms with Crippen LogP contribution in [0.1, 0.15) is 37.5 Å². The van der Waals surface area contributed by atoms with E-state index in [9.17, 15) is 0 Å². The van der Waals surface area contributed by atoms with Crippen molar-refractivity contribution in [2.24, 2.45) is 0 Å². The maximum absolute atomic E-state index is 5.81. The van der Waals surface area contributed by atoms with Crippen molar-refractivity contribution < 1.29 is 4.42 Å². The lowest BCUT2D eigenvalue weighted by atomic mass is 10.1. The van der Waals surface area contributed by atoms with Crippen molar-refractivity contribution in [1.29, 1.82) is 0 Å². The van der Waals surface area contributed by atoms with Crippen molar-refractivity contribution in [1.82, 2.24) is 20.4 Å². The zero-order chi connectivity index (χ0) is 17.1. The van der Waals surface area contributed by atoms with E-state index in [1.165, 1.54) is 16.9 Å². The van der Waals surface area contributed by atoms with E-state index in [-0.39, 0.29) is 5.25 Å². The van der Waals surface area contributed by atoms with Crippen molar-refractivity contribution in [3.8, 4) is 11.5 Å². The minimum atomic E-state index is 0.0107. The molecule has 1 aromatic carbocycles. The summed E-state index contributed by atoms with van der Waals surface area (Å²) in [5.74, 6) is 1.13. The lowest BCUT2D eigenvalue weighted by Gasteiger charge is -2.04. The maximum atomic E-state index is 5.81. The fourth-order valence-corrected chi connectivity index (χ4v) is 4.05. The number of anilines is 1. The number of aryl methyl sites for hydroxylation is 1. The zero-order valence-corrected chi connectivity index (χ0v) is 15.6. The molecule has 2 heterocycles. The van der Waals surface area contributed by atoms with Gasteiger partial charge in [-0.2, -0.15) is 0 Å². The molecule has 0 fully saturated rings. The third kappa shape index (κ3) is 4.12. The van der Waals surface area contributed by atoms with Crippen LogP contribution in [0, 0.1) is 6.92 Å². The first-order chi connectivity index (χ1) is 11.5. The highest BCUT2D eigenvalue weighted by molar-refractivity contribution is 8.01. The number of thioether (sulfide) groups is 1. The van der Waals surface area contributed by atoms with Crippen LogP contribution in [-0.2, 0) is 0 Å². The third-order valence-corrected chi connectivity index (χ3v) is 5.21. The molecule has 24 heavy (non-hydrogen) atoms. The summed E-state index contributed by atoms with van der Waals surface area (Å²) in [6, 6.07) is 8.36. The van der Waals surface area contributed by atoms with Crippen LogP contribution < -0.4 is 5.32 Å². The van der Waals surface area contributed by atoms with Crippen LogP contribution in [0.5, 0.6) is 0 Å². The van der Waals surface area contributed by atoms with E-state index in [0.717, 1.165) is 15.0 Å². The van der Waals surface area contributed by atoms with Gasteiger partial charge in [-0.3, -0.25) is 0 Å². The Hall–Kier alpha value is -1.93. The van der Waals surface area contributed by atoms with Gasteiger partial charge in [-0.15, -0.1) is 20.4 Å². The number of hydrogen-bond acceptors (Lipinski definition) is 8. The molecule has 0 aliphatic carbocycles. The van der Waals surface area contributed by atoms with E-state index in [4.69, 9.17) is 4.42 Å². The Labute approximate surface area is 149 Å². The standard InChI is InChI=1S/C16H19N5OS2/c1-9(2)17-15-20-21-16(24-15)23-11(4)13-18-19-14(22-13)12-7-5-10(3)6-8-12/h5-9,11H,1-4H3,(H,17,20). The van der Waals surface area contributed by atoms with Gasteiger partial charge in [-0.1, -0.05) is 40.8 Å². The topological polar surface area (TPSA) is 76.7 Å². The van der Waals surface area contributed by atoms with Gasteiger partial charge in [0.15, 0.2) is 4.34 Å². The van der Waals surface area contributed by atoms with E-state index in [1.807, 2.05) is 38.1 Å². The lowest BCUT2D eigenvalue weighted by molar-refractivity contribution is 0.509. The predicted octanol–water partition coefficient (Wildman–Crippen LogP) is 4.57. The normalized spacial score (nSPS) is 12.5. The molecule has 0 spiro atoms. The summed E-state index contributed by atoms with van der Waals surface area (Å²) in [6.45, 7) is 8.21. The second-order valence-corrected chi connectivity index (χ2v) is 8.31. The van der Waals surface area contributed by atoms with Crippen LogP contribution in [0.4, 0.5) is 5.13 Å². The van der Waals surface area contributed by atoms with E-state index >= 15 is 0 Å². The maximum Gasteiger partial charge on any atom is 0.247 e. The quantitative estimate of drug-likeness (QED) is 0.644. The molecule has 8 heteroatoms. The molecule has 1 unspecified atom stereocenters. The van der Waals surface area contributed by atoms with Crippen LogP contribution in [0.15, 0.2) is 33.0 Å². The SMILES string of the molecule is Cc1ccc(-c2nnc(C(C)Sc3nnc(NC(C)C)s3)o2)cc1. The summed E-state index contributed by atoms with van der Waals surface area (Å²) in [5, 5.41) is 20.7. The summed E-state index contributed by atoms with van der Waals surface area (Å²) in [4.78, 5) is 0. The monoisotopic (exact) mass is 361 g/mol. The summed E-state index contributed by atoms with van der Waals surface area (Å²) < 4.78 is 6.69. The summed E-state index contributed by atoms with van der Waals surface area (Å²) in [5.41, 5.74) is 2.13. The summed E-state index contributed by atoms with van der Waals surface area (Å²) >= 11 is 3.09. The molecule has 0 saturated carbocycles. The van der Waals surface area contributed by atoms with Gasteiger partial charge in [0.1, 0.15) is 0 Å².